The molecular weight excluding hydrogens is 350 g/mol. The largest absolute Gasteiger partial charge is 0.496 e. The number of esters is 1. The quantitative estimate of drug-likeness (QED) is 0.636. The minimum Gasteiger partial charge on any atom is -0.496 e. The Morgan fingerprint density at radius 3 is 2.85 bits per heavy atom. The van der Waals surface area contributed by atoms with Crippen molar-refractivity contribution < 1.29 is 14.3 Å². The number of thiophene rings is 1. The van der Waals surface area contributed by atoms with Gasteiger partial charge in [0.25, 0.3) is 0 Å². The number of aromatic nitrogens is 2. The van der Waals surface area contributed by atoms with Gasteiger partial charge in [-0.2, -0.15) is 0 Å². The van der Waals surface area contributed by atoms with Crippen LogP contribution >= 0.6 is 11.3 Å². The van der Waals surface area contributed by atoms with Gasteiger partial charge in [0, 0.05) is 6.54 Å². The van der Waals surface area contributed by atoms with Gasteiger partial charge in [-0.15, -0.1) is 11.3 Å². The van der Waals surface area contributed by atoms with E-state index in [0.29, 0.717) is 18.0 Å². The number of ether oxygens (including phenoxy) is 2. The summed E-state index contributed by atoms with van der Waals surface area (Å²) >= 11 is 1.34. The number of carbonyl (C=O) groups is 1. The molecule has 0 atom stereocenters. The van der Waals surface area contributed by atoms with Crippen LogP contribution in [0.25, 0.3) is 10.2 Å². The monoisotopic (exact) mass is 371 g/mol. The number of nitrogens with zero attached hydrogens (tertiary/aromatic N) is 2. The molecule has 26 heavy (non-hydrogen) atoms. The number of anilines is 1. The van der Waals surface area contributed by atoms with E-state index >= 15 is 0 Å². The molecule has 7 heteroatoms. The van der Waals surface area contributed by atoms with Crippen LogP contribution in [-0.4, -0.2) is 36.2 Å². The Morgan fingerprint density at radius 1 is 1.27 bits per heavy atom. The number of hydrogen-bond donors (Lipinski definition) is 1. The predicted molar refractivity (Wildman–Crippen MR) is 103 cm³/mol. The molecule has 0 bridgehead atoms. The van der Waals surface area contributed by atoms with E-state index in [1.807, 2.05) is 31.2 Å². The van der Waals surface area contributed by atoms with Crippen LogP contribution in [0.3, 0.4) is 0 Å². The molecule has 1 N–H and O–H groups in total. The summed E-state index contributed by atoms with van der Waals surface area (Å²) in [5.74, 6) is 1.29. The van der Waals surface area contributed by atoms with Crippen molar-refractivity contribution >= 4 is 33.3 Å². The fraction of sp³-hybridized carbons (Fsp3) is 0.316. The van der Waals surface area contributed by atoms with Gasteiger partial charge in [0.1, 0.15) is 27.6 Å². The molecular formula is C19H21N3O3S. The molecule has 2 aromatic heterocycles. The zero-order valence-electron chi connectivity index (χ0n) is 15.0. The first-order valence-electron chi connectivity index (χ1n) is 8.42. The highest BCUT2D eigenvalue weighted by molar-refractivity contribution is 7.20. The zero-order valence-corrected chi connectivity index (χ0v) is 15.9. The van der Waals surface area contributed by atoms with Crippen molar-refractivity contribution in [1.29, 1.82) is 0 Å². The smallest absolute Gasteiger partial charge is 0.348 e. The number of para-hydroxylation sites is 1. The summed E-state index contributed by atoms with van der Waals surface area (Å²) in [7, 11) is 1.67. The number of benzene rings is 1. The molecule has 0 saturated heterocycles. The minimum atomic E-state index is -0.312. The van der Waals surface area contributed by atoms with Crippen molar-refractivity contribution in [3.63, 3.8) is 0 Å². The Kier molecular flexibility index (Phi) is 5.68. The molecule has 0 aliphatic rings. The third-order valence-electron chi connectivity index (χ3n) is 4.07. The fourth-order valence-corrected chi connectivity index (χ4v) is 3.86. The Labute approximate surface area is 156 Å². The molecule has 6 nitrogen and oxygen atoms in total. The SMILES string of the molecule is CCOC(=O)c1sc2ncnc(NCCc3ccccc3OC)c2c1C. The van der Waals surface area contributed by atoms with E-state index in [-0.39, 0.29) is 5.97 Å². The van der Waals surface area contributed by atoms with Gasteiger partial charge in [-0.3, -0.25) is 0 Å². The van der Waals surface area contributed by atoms with Gasteiger partial charge in [0.2, 0.25) is 0 Å². The molecule has 3 rings (SSSR count). The van der Waals surface area contributed by atoms with Crippen LogP contribution < -0.4 is 10.1 Å². The number of carbonyl (C=O) groups excluding carboxylic acids is 1. The van der Waals surface area contributed by atoms with E-state index in [1.165, 1.54) is 17.7 Å². The van der Waals surface area contributed by atoms with Crippen LogP contribution in [0.5, 0.6) is 5.75 Å². The lowest BCUT2D eigenvalue weighted by molar-refractivity contribution is 0.0531. The third kappa shape index (κ3) is 3.62. The van der Waals surface area contributed by atoms with Crippen LogP contribution in [0.1, 0.15) is 27.7 Å². The van der Waals surface area contributed by atoms with Crippen LogP contribution in [0, 0.1) is 6.92 Å². The van der Waals surface area contributed by atoms with E-state index in [4.69, 9.17) is 9.47 Å². The van der Waals surface area contributed by atoms with Crippen molar-refractivity contribution in [3.8, 4) is 5.75 Å². The number of rotatable bonds is 7. The highest BCUT2D eigenvalue weighted by Gasteiger charge is 2.20. The van der Waals surface area contributed by atoms with Gasteiger partial charge in [0.05, 0.1) is 19.1 Å². The first-order valence-corrected chi connectivity index (χ1v) is 9.24. The maximum Gasteiger partial charge on any atom is 0.348 e. The van der Waals surface area contributed by atoms with Crippen LogP contribution in [-0.2, 0) is 11.2 Å². The number of methoxy groups -OCH3 is 1. The molecule has 1 aromatic carbocycles. The standard InChI is InChI=1S/C19H21N3O3S/c1-4-25-19(23)16-12(2)15-17(21-11-22-18(15)26-16)20-10-9-13-7-5-6-8-14(13)24-3/h5-8,11H,4,9-10H2,1-3H3,(H,20,21,22). The van der Waals surface area contributed by atoms with Crippen LogP contribution in [0.15, 0.2) is 30.6 Å². The molecule has 136 valence electrons. The fourth-order valence-electron chi connectivity index (χ4n) is 2.82. The minimum absolute atomic E-state index is 0.312. The summed E-state index contributed by atoms with van der Waals surface area (Å²) in [6.07, 6.45) is 2.31. The lowest BCUT2D eigenvalue weighted by atomic mass is 10.1. The number of aryl methyl sites for hydroxylation is 1. The van der Waals surface area contributed by atoms with E-state index < -0.39 is 0 Å². The maximum atomic E-state index is 12.1. The van der Waals surface area contributed by atoms with Crippen LogP contribution in [0.4, 0.5) is 5.82 Å². The number of fused-ring (bicyclic) bond motifs is 1. The van der Waals surface area contributed by atoms with Crippen LogP contribution in [0.2, 0.25) is 0 Å². The van der Waals surface area contributed by atoms with Gasteiger partial charge >= 0.3 is 5.97 Å². The van der Waals surface area contributed by atoms with Gasteiger partial charge in [0.15, 0.2) is 0 Å². The summed E-state index contributed by atoms with van der Waals surface area (Å²) in [6, 6.07) is 7.95. The molecule has 0 saturated carbocycles. The van der Waals surface area contributed by atoms with Gasteiger partial charge in [-0.25, -0.2) is 14.8 Å². The van der Waals surface area contributed by atoms with Gasteiger partial charge in [-0.1, -0.05) is 18.2 Å². The lowest BCUT2D eigenvalue weighted by Gasteiger charge is -2.10. The maximum absolute atomic E-state index is 12.1. The Bertz CT molecular complexity index is 924. The van der Waals surface area contributed by atoms with Crippen molar-refractivity contribution in [2.24, 2.45) is 0 Å². The molecule has 0 unspecified atom stereocenters. The summed E-state index contributed by atoms with van der Waals surface area (Å²) in [5, 5.41) is 4.24. The molecule has 0 aliphatic carbocycles. The van der Waals surface area contributed by atoms with Crippen molar-refractivity contribution in [2.45, 2.75) is 20.3 Å². The Hall–Kier alpha value is -2.67. The highest BCUT2D eigenvalue weighted by atomic mass is 32.1. The van der Waals surface area contributed by atoms with E-state index in [9.17, 15) is 4.79 Å². The lowest BCUT2D eigenvalue weighted by Crippen LogP contribution is -2.08. The molecule has 0 fully saturated rings. The topological polar surface area (TPSA) is 73.3 Å². The Morgan fingerprint density at radius 2 is 2.08 bits per heavy atom. The molecule has 0 radical (unpaired) electrons. The zero-order chi connectivity index (χ0) is 18.5. The second-order valence-electron chi connectivity index (χ2n) is 5.67. The molecule has 3 aromatic rings. The third-order valence-corrected chi connectivity index (χ3v) is 5.25. The first kappa shape index (κ1) is 18.1. The number of nitrogens with one attached hydrogen (secondary N) is 1. The average molecular weight is 371 g/mol. The van der Waals surface area contributed by atoms with Crippen molar-refractivity contribution in [3.05, 3.63) is 46.6 Å². The summed E-state index contributed by atoms with van der Waals surface area (Å²) < 4.78 is 10.5. The summed E-state index contributed by atoms with van der Waals surface area (Å²) in [4.78, 5) is 22.1. The predicted octanol–water partition coefficient (Wildman–Crippen LogP) is 3.84. The number of hydrogen-bond acceptors (Lipinski definition) is 7. The van der Waals surface area contributed by atoms with Crippen molar-refractivity contribution in [1.82, 2.24) is 9.97 Å². The molecule has 0 spiro atoms. The van der Waals surface area contributed by atoms with Crippen molar-refractivity contribution in [2.75, 3.05) is 25.6 Å². The normalized spacial score (nSPS) is 10.7. The molecule has 0 aliphatic heterocycles. The highest BCUT2D eigenvalue weighted by Crippen LogP contribution is 2.33. The molecule has 2 heterocycles. The van der Waals surface area contributed by atoms with Gasteiger partial charge < -0.3 is 14.8 Å². The van der Waals surface area contributed by atoms with E-state index in [1.54, 1.807) is 14.0 Å². The average Bonchev–Trinajstić information content (AvgIpc) is 3.00. The van der Waals surface area contributed by atoms with Gasteiger partial charge in [-0.05, 0) is 37.5 Å². The molecule has 0 amide bonds. The second kappa shape index (κ2) is 8.14. The Balaban J connectivity index is 1.81. The second-order valence-corrected chi connectivity index (χ2v) is 6.67. The first-order chi connectivity index (χ1) is 12.7. The van der Waals surface area contributed by atoms with E-state index in [0.717, 1.165) is 39.3 Å². The van der Waals surface area contributed by atoms with E-state index in [2.05, 4.69) is 15.3 Å². The summed E-state index contributed by atoms with van der Waals surface area (Å²) in [5.41, 5.74) is 1.98. The summed E-state index contributed by atoms with van der Waals surface area (Å²) in [6.45, 7) is 4.74.